The fourth-order valence-corrected chi connectivity index (χ4v) is 1.45. The molecule has 0 atom stereocenters. The molecular weight excluding hydrogens is 287 g/mol. The Morgan fingerprint density at radius 2 is 1.95 bits per heavy atom. The molecule has 9 heteroatoms. The van der Waals surface area contributed by atoms with E-state index in [0.29, 0.717) is 6.07 Å². The number of hydrogen-bond acceptors (Lipinski definition) is 6. The Balaban J connectivity index is 2.42. The van der Waals surface area contributed by atoms with E-state index < -0.39 is 17.8 Å². The summed E-state index contributed by atoms with van der Waals surface area (Å²) in [7, 11) is 0. The maximum atomic E-state index is 12.7. The van der Waals surface area contributed by atoms with Crippen LogP contribution in [0.4, 0.5) is 19.1 Å². The number of rotatable bonds is 3. The summed E-state index contributed by atoms with van der Waals surface area (Å²) in [4.78, 5) is 6.85. The topological polar surface area (TPSA) is 96.8 Å². The lowest BCUT2D eigenvalue weighted by molar-refractivity contribution is -0.141. The summed E-state index contributed by atoms with van der Waals surface area (Å²) in [6.45, 7) is 0. The zero-order valence-corrected chi connectivity index (χ0v) is 10.3. The molecule has 0 fully saturated rings. The first-order valence-electron chi connectivity index (χ1n) is 5.54. The first-order valence-corrected chi connectivity index (χ1v) is 5.54. The molecule has 0 saturated heterocycles. The van der Waals surface area contributed by atoms with Crippen molar-refractivity contribution < 1.29 is 17.9 Å². The van der Waals surface area contributed by atoms with Crippen LogP contribution in [0.1, 0.15) is 11.3 Å². The number of nitrogens with one attached hydrogen (secondary N) is 1. The zero-order chi connectivity index (χ0) is 15.5. The number of benzene rings is 1. The van der Waals surface area contributed by atoms with Crippen LogP contribution in [0.2, 0.25) is 0 Å². The number of nitriles is 1. The third-order valence-corrected chi connectivity index (χ3v) is 2.34. The monoisotopic (exact) mass is 295 g/mol. The van der Waals surface area contributed by atoms with Crippen LogP contribution < -0.4 is 16.0 Å². The molecule has 21 heavy (non-hydrogen) atoms. The third-order valence-electron chi connectivity index (χ3n) is 2.34. The van der Waals surface area contributed by atoms with Gasteiger partial charge in [0.25, 0.3) is 0 Å². The van der Waals surface area contributed by atoms with Crippen molar-refractivity contribution in [1.82, 2.24) is 9.97 Å². The number of anilines is 1. The van der Waals surface area contributed by atoms with Crippen molar-refractivity contribution in [3.8, 4) is 17.7 Å². The van der Waals surface area contributed by atoms with E-state index in [4.69, 9.17) is 15.8 Å². The van der Waals surface area contributed by atoms with Crippen LogP contribution in [0, 0.1) is 11.3 Å². The van der Waals surface area contributed by atoms with Crippen molar-refractivity contribution >= 4 is 5.95 Å². The molecule has 1 aromatic carbocycles. The minimum atomic E-state index is -4.68. The molecule has 1 aromatic heterocycles. The molecule has 0 aliphatic heterocycles. The van der Waals surface area contributed by atoms with Crippen LogP contribution in [0.25, 0.3) is 0 Å². The van der Waals surface area contributed by atoms with Crippen LogP contribution in [0.5, 0.6) is 11.6 Å². The van der Waals surface area contributed by atoms with Gasteiger partial charge in [0.05, 0.1) is 5.56 Å². The van der Waals surface area contributed by atoms with Crippen LogP contribution >= 0.6 is 0 Å². The van der Waals surface area contributed by atoms with Gasteiger partial charge in [0.1, 0.15) is 11.8 Å². The number of nitrogens with zero attached hydrogens (tertiary/aromatic N) is 3. The normalized spacial score (nSPS) is 10.8. The summed E-state index contributed by atoms with van der Waals surface area (Å²) in [5, 5.41) is 8.91. The van der Waals surface area contributed by atoms with Crippen molar-refractivity contribution in [2.24, 2.45) is 5.84 Å². The third kappa shape index (κ3) is 3.37. The average molecular weight is 295 g/mol. The molecule has 0 aliphatic rings. The van der Waals surface area contributed by atoms with Gasteiger partial charge in [-0.1, -0.05) is 12.1 Å². The quantitative estimate of drug-likeness (QED) is 0.667. The predicted octanol–water partition coefficient (Wildman–Crippen LogP) is 2.44. The molecule has 0 spiro atoms. The zero-order valence-electron chi connectivity index (χ0n) is 10.3. The molecule has 3 N–H and O–H groups in total. The van der Waals surface area contributed by atoms with E-state index in [-0.39, 0.29) is 17.2 Å². The number of alkyl halides is 3. The highest BCUT2D eigenvalue weighted by atomic mass is 19.4. The largest absolute Gasteiger partial charge is 0.437 e. The van der Waals surface area contributed by atoms with Crippen molar-refractivity contribution in [1.29, 1.82) is 5.26 Å². The van der Waals surface area contributed by atoms with E-state index in [1.165, 1.54) is 12.1 Å². The van der Waals surface area contributed by atoms with Gasteiger partial charge >= 0.3 is 6.18 Å². The molecule has 0 unspecified atom stereocenters. The Morgan fingerprint density at radius 3 is 2.57 bits per heavy atom. The number of nitrogens with two attached hydrogens (primary N) is 1. The number of aromatic nitrogens is 2. The van der Waals surface area contributed by atoms with Gasteiger partial charge in [0, 0.05) is 6.07 Å². The number of hydrazine groups is 1. The smallest absolute Gasteiger partial charge is 0.433 e. The van der Waals surface area contributed by atoms with Gasteiger partial charge in [0.15, 0.2) is 5.69 Å². The second-order valence-corrected chi connectivity index (χ2v) is 3.77. The predicted molar refractivity (Wildman–Crippen MR) is 66.1 cm³/mol. The minimum absolute atomic E-state index is 0.0785. The highest BCUT2D eigenvalue weighted by Crippen LogP contribution is 2.32. The van der Waals surface area contributed by atoms with E-state index >= 15 is 0 Å². The van der Waals surface area contributed by atoms with Gasteiger partial charge in [-0.2, -0.15) is 23.4 Å². The summed E-state index contributed by atoms with van der Waals surface area (Å²) < 4.78 is 43.3. The summed E-state index contributed by atoms with van der Waals surface area (Å²) >= 11 is 0. The van der Waals surface area contributed by atoms with Crippen LogP contribution in [-0.2, 0) is 6.18 Å². The van der Waals surface area contributed by atoms with E-state index in [0.717, 1.165) is 0 Å². The first-order chi connectivity index (χ1) is 9.94. The number of halogens is 3. The number of para-hydroxylation sites is 1. The van der Waals surface area contributed by atoms with E-state index in [2.05, 4.69) is 9.97 Å². The summed E-state index contributed by atoms with van der Waals surface area (Å²) in [5.41, 5.74) is 0.873. The summed E-state index contributed by atoms with van der Waals surface area (Å²) in [6.07, 6.45) is -4.68. The van der Waals surface area contributed by atoms with Crippen LogP contribution in [0.15, 0.2) is 30.3 Å². The molecule has 2 rings (SSSR count). The SMILES string of the molecule is N#Cc1ccccc1Oc1cc(C(F)(F)F)nc(NN)n1. The average Bonchev–Trinajstić information content (AvgIpc) is 2.46. The van der Waals surface area contributed by atoms with Gasteiger partial charge in [-0.3, -0.25) is 5.43 Å². The number of hydrogen-bond donors (Lipinski definition) is 2. The molecule has 0 radical (unpaired) electrons. The molecule has 2 aromatic rings. The highest BCUT2D eigenvalue weighted by Gasteiger charge is 2.34. The molecule has 0 amide bonds. The molecule has 0 saturated carbocycles. The lowest BCUT2D eigenvalue weighted by atomic mass is 10.2. The van der Waals surface area contributed by atoms with Crippen molar-refractivity contribution in [2.45, 2.75) is 6.18 Å². The molecular formula is C12H8F3N5O. The lowest BCUT2D eigenvalue weighted by Gasteiger charge is -2.11. The van der Waals surface area contributed by atoms with Gasteiger partial charge in [-0.15, -0.1) is 0 Å². The summed E-state index contributed by atoms with van der Waals surface area (Å²) in [5.74, 6) is 4.28. The van der Waals surface area contributed by atoms with Crippen molar-refractivity contribution in [3.05, 3.63) is 41.6 Å². The Kier molecular flexibility index (Phi) is 3.91. The highest BCUT2D eigenvalue weighted by molar-refractivity contribution is 5.44. The maximum Gasteiger partial charge on any atom is 0.433 e. The number of ether oxygens (including phenoxy) is 1. The maximum absolute atomic E-state index is 12.7. The van der Waals surface area contributed by atoms with E-state index in [9.17, 15) is 13.2 Å². The lowest BCUT2D eigenvalue weighted by Crippen LogP contribution is -2.15. The van der Waals surface area contributed by atoms with Crippen LogP contribution in [0.3, 0.4) is 0 Å². The first kappa shape index (κ1) is 14.5. The second-order valence-electron chi connectivity index (χ2n) is 3.77. The van der Waals surface area contributed by atoms with Gasteiger partial charge in [-0.05, 0) is 12.1 Å². The van der Waals surface area contributed by atoms with Gasteiger partial charge in [0.2, 0.25) is 11.8 Å². The molecule has 0 aliphatic carbocycles. The van der Waals surface area contributed by atoms with E-state index in [1.54, 1.807) is 12.1 Å². The Labute approximate surface area is 117 Å². The van der Waals surface area contributed by atoms with E-state index in [1.807, 2.05) is 11.5 Å². The van der Waals surface area contributed by atoms with Crippen molar-refractivity contribution in [2.75, 3.05) is 5.43 Å². The Morgan fingerprint density at radius 1 is 1.24 bits per heavy atom. The molecule has 1 heterocycles. The fourth-order valence-electron chi connectivity index (χ4n) is 1.45. The molecule has 108 valence electrons. The van der Waals surface area contributed by atoms with Gasteiger partial charge in [-0.25, -0.2) is 10.8 Å². The molecule has 6 nitrogen and oxygen atoms in total. The Hall–Kier alpha value is -2.86. The fraction of sp³-hybridized carbons (Fsp3) is 0.0833. The number of nitrogen functional groups attached to an aromatic ring is 1. The Bertz CT molecular complexity index is 696. The summed E-state index contributed by atoms with van der Waals surface area (Å²) in [6, 6.07) is 8.54. The van der Waals surface area contributed by atoms with Gasteiger partial charge < -0.3 is 4.74 Å². The standard InChI is InChI=1S/C12H8F3N5O/c13-12(14,15)9-5-10(19-11(18-9)20-17)21-8-4-2-1-3-7(8)6-16/h1-5H,17H2,(H,18,19,20). The van der Waals surface area contributed by atoms with Crippen molar-refractivity contribution in [3.63, 3.8) is 0 Å². The minimum Gasteiger partial charge on any atom is -0.437 e. The molecule has 0 bridgehead atoms. The van der Waals surface area contributed by atoms with Crippen LogP contribution in [-0.4, -0.2) is 9.97 Å². The second kappa shape index (κ2) is 5.64.